The molecular weight excluding hydrogens is 362 g/mol. The topological polar surface area (TPSA) is 73.3 Å². The number of methoxy groups -OCH3 is 1. The highest BCUT2D eigenvalue weighted by Gasteiger charge is 2.23. The van der Waals surface area contributed by atoms with Gasteiger partial charge in [-0.1, -0.05) is 12.1 Å². The molecule has 0 fully saturated rings. The summed E-state index contributed by atoms with van der Waals surface area (Å²) < 4.78 is 10.6. The third kappa shape index (κ3) is 3.35. The van der Waals surface area contributed by atoms with Crippen LogP contribution in [0.3, 0.4) is 0 Å². The third-order valence-electron chi connectivity index (χ3n) is 4.63. The quantitative estimate of drug-likeness (QED) is 0.654. The number of anilines is 2. The molecule has 1 aliphatic rings. The second-order valence-electron chi connectivity index (χ2n) is 6.33. The number of fused-ring (bicyclic) bond motifs is 3. The molecule has 1 aromatic carbocycles. The molecule has 1 aliphatic carbocycles. The van der Waals surface area contributed by atoms with Crippen molar-refractivity contribution in [3.8, 4) is 5.75 Å². The molecule has 0 saturated heterocycles. The lowest BCUT2D eigenvalue weighted by molar-refractivity contribution is 0.0512. The molecule has 0 amide bonds. The van der Waals surface area contributed by atoms with Crippen LogP contribution in [-0.4, -0.2) is 29.7 Å². The van der Waals surface area contributed by atoms with Crippen molar-refractivity contribution in [2.24, 2.45) is 0 Å². The number of aryl methyl sites for hydroxylation is 2. The highest BCUT2D eigenvalue weighted by molar-refractivity contribution is 7.19. The highest BCUT2D eigenvalue weighted by Crippen LogP contribution is 2.40. The molecule has 0 saturated carbocycles. The lowest BCUT2D eigenvalue weighted by atomic mass is 9.97. The molecule has 0 bridgehead atoms. The maximum absolute atomic E-state index is 12.3. The molecule has 0 unspecified atom stereocenters. The molecule has 7 heteroatoms. The van der Waals surface area contributed by atoms with Gasteiger partial charge in [0.05, 0.1) is 24.8 Å². The van der Waals surface area contributed by atoms with Gasteiger partial charge in [-0.2, -0.15) is 0 Å². The van der Waals surface area contributed by atoms with Crippen molar-refractivity contribution in [2.45, 2.75) is 32.6 Å². The zero-order valence-electron chi connectivity index (χ0n) is 15.4. The van der Waals surface area contributed by atoms with E-state index in [1.807, 2.05) is 24.3 Å². The number of nitrogens with zero attached hydrogens (tertiary/aromatic N) is 2. The maximum Gasteiger partial charge on any atom is 0.376 e. The van der Waals surface area contributed by atoms with Crippen LogP contribution in [0, 0.1) is 0 Å². The van der Waals surface area contributed by atoms with E-state index in [4.69, 9.17) is 9.47 Å². The van der Waals surface area contributed by atoms with Gasteiger partial charge in [0, 0.05) is 4.88 Å². The Balaban J connectivity index is 1.87. The van der Waals surface area contributed by atoms with E-state index in [0.29, 0.717) is 11.6 Å². The van der Waals surface area contributed by atoms with Gasteiger partial charge in [-0.25, -0.2) is 14.8 Å². The molecule has 0 aliphatic heterocycles. The fraction of sp³-hybridized carbons (Fsp3) is 0.350. The number of ether oxygens (including phenoxy) is 2. The second kappa shape index (κ2) is 7.52. The molecule has 27 heavy (non-hydrogen) atoms. The lowest BCUT2D eigenvalue weighted by Gasteiger charge is -2.14. The minimum Gasteiger partial charge on any atom is -0.495 e. The number of esters is 1. The van der Waals surface area contributed by atoms with E-state index in [1.54, 1.807) is 25.4 Å². The number of hydrogen-bond donors (Lipinski definition) is 1. The zero-order chi connectivity index (χ0) is 18.8. The SMILES string of the molecule is CCOC(=O)c1nc(Nc2ccccc2OC)c2c3c(sc2n1)CCCC3. The predicted octanol–water partition coefficient (Wildman–Crippen LogP) is 4.50. The Labute approximate surface area is 161 Å². The standard InChI is InChI=1S/C20H21N3O3S/c1-3-26-20(24)18-22-17(21-13-9-5-6-10-14(13)25-2)16-12-8-4-7-11-15(12)27-19(16)23-18/h5-6,9-10H,3-4,7-8,11H2,1-2H3,(H,21,22,23). The molecule has 140 valence electrons. The molecule has 1 N–H and O–H groups in total. The van der Waals surface area contributed by atoms with Gasteiger partial charge in [-0.3, -0.25) is 0 Å². The second-order valence-corrected chi connectivity index (χ2v) is 7.42. The Morgan fingerprint density at radius 2 is 2.04 bits per heavy atom. The highest BCUT2D eigenvalue weighted by atomic mass is 32.1. The van der Waals surface area contributed by atoms with Crippen LogP contribution in [0.2, 0.25) is 0 Å². The lowest BCUT2D eigenvalue weighted by Crippen LogP contribution is -2.11. The van der Waals surface area contributed by atoms with Gasteiger partial charge in [-0.15, -0.1) is 11.3 Å². The first-order chi connectivity index (χ1) is 13.2. The first kappa shape index (κ1) is 17.7. The predicted molar refractivity (Wildman–Crippen MR) is 106 cm³/mol. The van der Waals surface area contributed by atoms with E-state index in [-0.39, 0.29) is 12.4 Å². The first-order valence-corrected chi connectivity index (χ1v) is 9.92. The monoisotopic (exact) mass is 383 g/mol. The Morgan fingerprint density at radius 3 is 2.85 bits per heavy atom. The van der Waals surface area contributed by atoms with Gasteiger partial charge >= 0.3 is 5.97 Å². The van der Waals surface area contributed by atoms with Gasteiger partial charge in [0.1, 0.15) is 16.4 Å². The molecule has 0 radical (unpaired) electrons. The van der Waals surface area contributed by atoms with Crippen LogP contribution in [0.25, 0.3) is 10.2 Å². The average Bonchev–Trinajstić information content (AvgIpc) is 3.07. The van der Waals surface area contributed by atoms with Gasteiger partial charge in [-0.05, 0) is 50.3 Å². The van der Waals surface area contributed by atoms with Crippen LogP contribution in [0.5, 0.6) is 5.75 Å². The number of hydrogen-bond acceptors (Lipinski definition) is 7. The van der Waals surface area contributed by atoms with Crippen LogP contribution in [0.1, 0.15) is 40.8 Å². The summed E-state index contributed by atoms with van der Waals surface area (Å²) in [5, 5.41) is 4.37. The fourth-order valence-electron chi connectivity index (χ4n) is 3.41. The number of para-hydroxylation sites is 2. The van der Waals surface area contributed by atoms with Crippen LogP contribution in [0.15, 0.2) is 24.3 Å². The Kier molecular flexibility index (Phi) is 4.94. The van der Waals surface area contributed by atoms with Crippen molar-refractivity contribution in [1.82, 2.24) is 9.97 Å². The van der Waals surface area contributed by atoms with E-state index in [9.17, 15) is 4.79 Å². The van der Waals surface area contributed by atoms with Gasteiger partial charge < -0.3 is 14.8 Å². The van der Waals surface area contributed by atoms with E-state index in [2.05, 4.69) is 15.3 Å². The van der Waals surface area contributed by atoms with Crippen LogP contribution in [0.4, 0.5) is 11.5 Å². The van der Waals surface area contributed by atoms with E-state index in [0.717, 1.165) is 35.2 Å². The molecule has 2 heterocycles. The summed E-state index contributed by atoms with van der Waals surface area (Å²) >= 11 is 1.65. The Hall–Kier alpha value is -2.67. The molecule has 4 rings (SSSR count). The first-order valence-electron chi connectivity index (χ1n) is 9.10. The maximum atomic E-state index is 12.3. The van der Waals surface area contributed by atoms with Crippen molar-refractivity contribution in [3.05, 3.63) is 40.5 Å². The number of carbonyl (C=O) groups excluding carboxylic acids is 1. The summed E-state index contributed by atoms with van der Waals surface area (Å²) in [5.41, 5.74) is 2.10. The zero-order valence-corrected chi connectivity index (χ0v) is 16.2. The number of thiophene rings is 1. The van der Waals surface area contributed by atoms with Crippen LogP contribution >= 0.6 is 11.3 Å². The summed E-state index contributed by atoms with van der Waals surface area (Å²) in [6, 6.07) is 7.65. The van der Waals surface area contributed by atoms with Crippen molar-refractivity contribution < 1.29 is 14.3 Å². The van der Waals surface area contributed by atoms with Crippen molar-refractivity contribution in [3.63, 3.8) is 0 Å². The summed E-state index contributed by atoms with van der Waals surface area (Å²) in [7, 11) is 1.63. The minimum absolute atomic E-state index is 0.0837. The van der Waals surface area contributed by atoms with E-state index >= 15 is 0 Å². The number of nitrogens with one attached hydrogen (secondary N) is 1. The van der Waals surface area contributed by atoms with Crippen molar-refractivity contribution in [1.29, 1.82) is 0 Å². The molecule has 3 aromatic rings. The smallest absolute Gasteiger partial charge is 0.376 e. The Bertz CT molecular complexity index is 1000. The van der Waals surface area contributed by atoms with Crippen molar-refractivity contribution >= 4 is 39.0 Å². The molecule has 0 spiro atoms. The van der Waals surface area contributed by atoms with Crippen LogP contribution in [-0.2, 0) is 17.6 Å². The summed E-state index contributed by atoms with van der Waals surface area (Å²) in [6.45, 7) is 2.06. The summed E-state index contributed by atoms with van der Waals surface area (Å²) in [4.78, 5) is 23.5. The molecule has 0 atom stereocenters. The van der Waals surface area contributed by atoms with Crippen LogP contribution < -0.4 is 10.1 Å². The van der Waals surface area contributed by atoms with Crippen molar-refractivity contribution in [2.75, 3.05) is 19.0 Å². The van der Waals surface area contributed by atoms with E-state index < -0.39 is 5.97 Å². The fourth-order valence-corrected chi connectivity index (χ4v) is 4.67. The summed E-state index contributed by atoms with van der Waals surface area (Å²) in [5.74, 6) is 0.923. The molecular formula is C20H21N3O3S. The van der Waals surface area contributed by atoms with Gasteiger partial charge in [0.25, 0.3) is 0 Å². The molecule has 2 aromatic heterocycles. The van der Waals surface area contributed by atoms with E-state index in [1.165, 1.54) is 16.9 Å². The number of aromatic nitrogens is 2. The number of carbonyl (C=O) groups is 1. The van der Waals surface area contributed by atoms with Gasteiger partial charge in [0.2, 0.25) is 5.82 Å². The number of rotatable bonds is 5. The summed E-state index contributed by atoms with van der Waals surface area (Å²) in [6.07, 6.45) is 4.41. The normalized spacial score (nSPS) is 13.3. The third-order valence-corrected chi connectivity index (χ3v) is 5.82. The Morgan fingerprint density at radius 1 is 1.22 bits per heavy atom. The van der Waals surface area contributed by atoms with Gasteiger partial charge in [0.15, 0.2) is 0 Å². The average molecular weight is 383 g/mol. The minimum atomic E-state index is -0.506. The number of benzene rings is 1. The largest absolute Gasteiger partial charge is 0.495 e. The molecule has 6 nitrogen and oxygen atoms in total.